The van der Waals surface area contributed by atoms with Crippen molar-refractivity contribution in [1.82, 2.24) is 10.3 Å². The van der Waals surface area contributed by atoms with Crippen molar-refractivity contribution in [3.63, 3.8) is 0 Å². The van der Waals surface area contributed by atoms with Gasteiger partial charge in [-0.3, -0.25) is 0 Å². The molecular weight excluding hydrogens is 204 g/mol. The molecular formula is C12H14N2O2. The highest BCUT2D eigenvalue weighted by Crippen LogP contribution is 2.00. The van der Waals surface area contributed by atoms with Crippen molar-refractivity contribution >= 4 is 5.97 Å². The number of hydrogen-bond donors (Lipinski definition) is 1. The van der Waals surface area contributed by atoms with Gasteiger partial charge in [0.2, 0.25) is 0 Å². The zero-order chi connectivity index (χ0) is 11.8. The summed E-state index contributed by atoms with van der Waals surface area (Å²) in [5, 5.41) is 3.00. The lowest BCUT2D eigenvalue weighted by atomic mass is 10.2. The SMILES string of the molecule is CNCCC#Cc1ccc(C(=O)OC)cn1. The zero-order valence-corrected chi connectivity index (χ0v) is 9.41. The van der Waals surface area contributed by atoms with Crippen LogP contribution in [-0.4, -0.2) is 31.7 Å². The molecule has 0 spiro atoms. The Bertz CT molecular complexity index is 401. The van der Waals surface area contributed by atoms with Crippen LogP contribution < -0.4 is 5.32 Å². The van der Waals surface area contributed by atoms with Crippen LogP contribution in [0.5, 0.6) is 0 Å². The third-order valence-corrected chi connectivity index (χ3v) is 1.90. The second-order valence-corrected chi connectivity index (χ2v) is 3.08. The number of hydrogen-bond acceptors (Lipinski definition) is 4. The zero-order valence-electron chi connectivity index (χ0n) is 9.41. The molecule has 0 amide bonds. The van der Waals surface area contributed by atoms with E-state index in [0.29, 0.717) is 11.3 Å². The van der Waals surface area contributed by atoms with Gasteiger partial charge in [-0.15, -0.1) is 0 Å². The van der Waals surface area contributed by atoms with E-state index in [4.69, 9.17) is 0 Å². The highest BCUT2D eigenvalue weighted by molar-refractivity contribution is 5.88. The van der Waals surface area contributed by atoms with Gasteiger partial charge in [0.05, 0.1) is 12.7 Å². The Morgan fingerprint density at radius 1 is 1.56 bits per heavy atom. The van der Waals surface area contributed by atoms with Crippen molar-refractivity contribution in [1.29, 1.82) is 0 Å². The largest absolute Gasteiger partial charge is 0.465 e. The molecule has 0 radical (unpaired) electrons. The third kappa shape index (κ3) is 3.71. The number of rotatable bonds is 3. The maximum absolute atomic E-state index is 11.1. The van der Waals surface area contributed by atoms with Crippen molar-refractivity contribution in [3.05, 3.63) is 29.6 Å². The highest BCUT2D eigenvalue weighted by atomic mass is 16.5. The van der Waals surface area contributed by atoms with E-state index in [1.54, 1.807) is 12.1 Å². The summed E-state index contributed by atoms with van der Waals surface area (Å²) in [6, 6.07) is 3.36. The molecule has 0 aliphatic rings. The number of esters is 1. The molecule has 0 aliphatic heterocycles. The predicted octanol–water partition coefficient (Wildman–Crippen LogP) is 0.829. The summed E-state index contributed by atoms with van der Waals surface area (Å²) in [5.41, 5.74) is 1.09. The molecule has 4 nitrogen and oxygen atoms in total. The lowest BCUT2D eigenvalue weighted by molar-refractivity contribution is 0.0600. The Morgan fingerprint density at radius 2 is 2.38 bits per heavy atom. The maximum atomic E-state index is 11.1. The van der Waals surface area contributed by atoms with Crippen LogP contribution in [-0.2, 0) is 4.74 Å². The smallest absolute Gasteiger partial charge is 0.339 e. The molecule has 1 N–H and O–H groups in total. The van der Waals surface area contributed by atoms with Crippen LogP contribution in [0.1, 0.15) is 22.5 Å². The van der Waals surface area contributed by atoms with Crippen LogP contribution in [0.3, 0.4) is 0 Å². The number of nitrogens with zero attached hydrogens (tertiary/aromatic N) is 1. The number of nitrogens with one attached hydrogen (secondary N) is 1. The second-order valence-electron chi connectivity index (χ2n) is 3.08. The summed E-state index contributed by atoms with van der Waals surface area (Å²) in [6.45, 7) is 0.854. The Morgan fingerprint density at radius 3 is 2.94 bits per heavy atom. The van der Waals surface area contributed by atoms with Gasteiger partial charge in [-0.2, -0.15) is 0 Å². The molecule has 4 heteroatoms. The maximum Gasteiger partial charge on any atom is 0.339 e. The molecule has 0 unspecified atom stereocenters. The second kappa shape index (κ2) is 6.59. The summed E-state index contributed by atoms with van der Waals surface area (Å²) in [4.78, 5) is 15.2. The summed E-state index contributed by atoms with van der Waals surface area (Å²) < 4.78 is 4.57. The average Bonchev–Trinajstić information content (AvgIpc) is 2.34. The molecule has 0 bridgehead atoms. The van der Waals surface area contributed by atoms with Gasteiger partial charge in [-0.05, 0) is 25.1 Å². The lowest BCUT2D eigenvalue weighted by Gasteiger charge is -1.97. The number of aromatic nitrogens is 1. The molecule has 16 heavy (non-hydrogen) atoms. The summed E-state index contributed by atoms with van der Waals surface area (Å²) >= 11 is 0. The molecule has 0 aromatic carbocycles. The van der Waals surface area contributed by atoms with Gasteiger partial charge < -0.3 is 10.1 Å². The molecule has 1 aromatic rings. The van der Waals surface area contributed by atoms with Crippen LogP contribution in [0.15, 0.2) is 18.3 Å². The fourth-order valence-corrected chi connectivity index (χ4v) is 1.05. The molecule has 0 fully saturated rings. The Labute approximate surface area is 95.0 Å². The van der Waals surface area contributed by atoms with Crippen LogP contribution in [0.25, 0.3) is 0 Å². The van der Waals surface area contributed by atoms with Gasteiger partial charge >= 0.3 is 5.97 Å². The van der Waals surface area contributed by atoms with Gasteiger partial charge in [0, 0.05) is 19.2 Å². The van der Waals surface area contributed by atoms with E-state index in [1.807, 2.05) is 7.05 Å². The molecule has 0 saturated carbocycles. The standard InChI is InChI=1S/C12H14N2O2/c1-13-8-4-3-5-11-7-6-10(9-14-11)12(15)16-2/h6-7,9,13H,4,8H2,1-2H3. The lowest BCUT2D eigenvalue weighted by Crippen LogP contribution is -2.06. The van der Waals surface area contributed by atoms with E-state index in [-0.39, 0.29) is 5.97 Å². The van der Waals surface area contributed by atoms with Gasteiger partial charge in [0.15, 0.2) is 0 Å². The van der Waals surface area contributed by atoms with Gasteiger partial charge in [0.25, 0.3) is 0 Å². The Kier molecular flexibility index (Phi) is 5.03. The molecule has 0 atom stereocenters. The van der Waals surface area contributed by atoms with Gasteiger partial charge in [-0.25, -0.2) is 9.78 Å². The third-order valence-electron chi connectivity index (χ3n) is 1.90. The van der Waals surface area contributed by atoms with E-state index in [2.05, 4.69) is 26.9 Å². The van der Waals surface area contributed by atoms with E-state index in [1.165, 1.54) is 13.3 Å². The first-order valence-electron chi connectivity index (χ1n) is 4.95. The highest BCUT2D eigenvalue weighted by Gasteiger charge is 2.03. The van der Waals surface area contributed by atoms with E-state index < -0.39 is 0 Å². The fourth-order valence-electron chi connectivity index (χ4n) is 1.05. The summed E-state index contributed by atoms with van der Waals surface area (Å²) in [5.74, 6) is 5.50. The predicted molar refractivity (Wildman–Crippen MR) is 61.0 cm³/mol. The fraction of sp³-hybridized carbons (Fsp3) is 0.333. The van der Waals surface area contributed by atoms with Crippen LogP contribution in [0.4, 0.5) is 0 Å². The topological polar surface area (TPSA) is 51.2 Å². The van der Waals surface area contributed by atoms with Crippen molar-refractivity contribution in [2.24, 2.45) is 0 Å². The van der Waals surface area contributed by atoms with E-state index in [0.717, 1.165) is 13.0 Å². The normalized spacial score (nSPS) is 9.12. The van der Waals surface area contributed by atoms with Crippen molar-refractivity contribution < 1.29 is 9.53 Å². The van der Waals surface area contributed by atoms with Crippen molar-refractivity contribution in [2.75, 3.05) is 20.7 Å². The minimum atomic E-state index is -0.387. The average molecular weight is 218 g/mol. The molecule has 1 aromatic heterocycles. The van der Waals surface area contributed by atoms with Crippen molar-refractivity contribution in [3.8, 4) is 11.8 Å². The minimum Gasteiger partial charge on any atom is -0.465 e. The minimum absolute atomic E-state index is 0.387. The first-order chi connectivity index (χ1) is 7.77. The van der Waals surface area contributed by atoms with Crippen LogP contribution >= 0.6 is 0 Å². The Hall–Kier alpha value is -1.86. The number of pyridine rings is 1. The number of carbonyl (C=O) groups is 1. The molecule has 1 rings (SSSR count). The van der Waals surface area contributed by atoms with Crippen LogP contribution in [0.2, 0.25) is 0 Å². The first-order valence-corrected chi connectivity index (χ1v) is 4.95. The molecule has 0 aliphatic carbocycles. The number of methoxy groups -OCH3 is 1. The number of carbonyl (C=O) groups excluding carboxylic acids is 1. The van der Waals surface area contributed by atoms with Gasteiger partial charge in [0.1, 0.15) is 5.69 Å². The Balaban J connectivity index is 2.63. The molecule has 1 heterocycles. The molecule has 0 saturated heterocycles. The first kappa shape index (κ1) is 12.2. The van der Waals surface area contributed by atoms with Crippen molar-refractivity contribution in [2.45, 2.75) is 6.42 Å². The summed E-state index contributed by atoms with van der Waals surface area (Å²) in [6.07, 6.45) is 2.24. The van der Waals surface area contributed by atoms with Gasteiger partial charge in [-0.1, -0.05) is 5.92 Å². The number of ether oxygens (including phenoxy) is 1. The monoisotopic (exact) mass is 218 g/mol. The molecule has 84 valence electrons. The van der Waals surface area contributed by atoms with E-state index in [9.17, 15) is 4.79 Å². The van der Waals surface area contributed by atoms with Crippen LogP contribution in [0, 0.1) is 11.8 Å². The van der Waals surface area contributed by atoms with E-state index >= 15 is 0 Å². The quantitative estimate of drug-likeness (QED) is 0.464. The summed E-state index contributed by atoms with van der Waals surface area (Å²) in [7, 11) is 3.22.